The minimum Gasteiger partial charge on any atom is -0.481 e. The van der Waals surface area contributed by atoms with Gasteiger partial charge in [-0.3, -0.25) is 4.79 Å². The summed E-state index contributed by atoms with van der Waals surface area (Å²) in [4.78, 5) is 15.1. The Morgan fingerprint density at radius 3 is 2.17 bits per heavy atom. The summed E-state index contributed by atoms with van der Waals surface area (Å²) in [5, 5.41) is 3.00. The second kappa shape index (κ2) is 9.34. The number of ether oxygens (including phenoxy) is 1. The Balaban J connectivity index is 1.59. The maximum absolute atomic E-state index is 12.7. The van der Waals surface area contributed by atoms with Crippen molar-refractivity contribution in [3.63, 3.8) is 0 Å². The molecule has 1 saturated heterocycles. The summed E-state index contributed by atoms with van der Waals surface area (Å²) in [6.45, 7) is 10.7. The first-order chi connectivity index (χ1) is 13.9. The van der Waals surface area contributed by atoms with E-state index >= 15 is 0 Å². The fourth-order valence-corrected chi connectivity index (χ4v) is 3.65. The number of anilines is 2. The number of rotatable bonds is 6. The third kappa shape index (κ3) is 5.75. The van der Waals surface area contributed by atoms with Crippen molar-refractivity contribution in [2.24, 2.45) is 0 Å². The van der Waals surface area contributed by atoms with Gasteiger partial charge < -0.3 is 15.0 Å². The topological polar surface area (TPSA) is 41.6 Å². The summed E-state index contributed by atoms with van der Waals surface area (Å²) >= 11 is 0. The van der Waals surface area contributed by atoms with Crippen molar-refractivity contribution in [1.29, 1.82) is 0 Å². The molecule has 2 aromatic carbocycles. The third-order valence-corrected chi connectivity index (χ3v) is 5.52. The number of piperidine rings is 1. The van der Waals surface area contributed by atoms with Crippen molar-refractivity contribution < 1.29 is 9.53 Å². The highest BCUT2D eigenvalue weighted by Gasteiger charge is 2.20. The predicted molar refractivity (Wildman–Crippen MR) is 121 cm³/mol. The van der Waals surface area contributed by atoms with Crippen LogP contribution < -0.4 is 15.0 Å². The summed E-state index contributed by atoms with van der Waals surface area (Å²) < 4.78 is 5.96. The molecule has 1 atom stereocenters. The van der Waals surface area contributed by atoms with E-state index in [9.17, 15) is 4.79 Å². The standard InChI is InChI=1S/C25H34N2O2/c1-5-23(29-22-15-9-19(10-16-22)25(2,3)4)24(28)26-20-11-13-21(14-12-20)27-17-7-6-8-18-27/h9-16,23H,5-8,17-18H2,1-4H3,(H,26,28)/t23-/m1/s1. The smallest absolute Gasteiger partial charge is 0.265 e. The highest BCUT2D eigenvalue weighted by molar-refractivity contribution is 5.94. The Bertz CT molecular complexity index is 785. The van der Waals surface area contributed by atoms with E-state index in [0.29, 0.717) is 6.42 Å². The normalized spacial score (nSPS) is 15.7. The van der Waals surface area contributed by atoms with Crippen molar-refractivity contribution in [2.45, 2.75) is 64.9 Å². The van der Waals surface area contributed by atoms with Gasteiger partial charge in [0.05, 0.1) is 0 Å². The van der Waals surface area contributed by atoms with Crippen molar-refractivity contribution in [1.82, 2.24) is 0 Å². The van der Waals surface area contributed by atoms with Crippen LogP contribution in [-0.2, 0) is 10.2 Å². The maximum Gasteiger partial charge on any atom is 0.265 e. The average molecular weight is 395 g/mol. The lowest BCUT2D eigenvalue weighted by atomic mass is 9.87. The Kier molecular flexibility index (Phi) is 6.83. The lowest BCUT2D eigenvalue weighted by Gasteiger charge is -2.29. The number of carbonyl (C=O) groups is 1. The van der Waals surface area contributed by atoms with Gasteiger partial charge in [0.25, 0.3) is 5.91 Å². The zero-order chi connectivity index (χ0) is 20.9. The maximum atomic E-state index is 12.7. The highest BCUT2D eigenvalue weighted by atomic mass is 16.5. The molecule has 1 aliphatic rings. The lowest BCUT2D eigenvalue weighted by molar-refractivity contribution is -0.122. The van der Waals surface area contributed by atoms with Crippen LogP contribution in [0.4, 0.5) is 11.4 Å². The molecule has 0 aromatic heterocycles. The van der Waals surface area contributed by atoms with Crippen LogP contribution in [0.5, 0.6) is 5.75 Å². The van der Waals surface area contributed by atoms with Crippen molar-refractivity contribution in [3.8, 4) is 5.75 Å². The molecular formula is C25H34N2O2. The molecule has 156 valence electrons. The Morgan fingerprint density at radius 1 is 1.00 bits per heavy atom. The van der Waals surface area contributed by atoms with Gasteiger partial charge in [-0.2, -0.15) is 0 Å². The second-order valence-electron chi connectivity index (χ2n) is 8.87. The number of nitrogens with zero attached hydrogens (tertiary/aromatic N) is 1. The quantitative estimate of drug-likeness (QED) is 0.676. The van der Waals surface area contributed by atoms with Crippen LogP contribution in [-0.4, -0.2) is 25.1 Å². The van der Waals surface area contributed by atoms with E-state index < -0.39 is 6.10 Å². The van der Waals surface area contributed by atoms with Crippen molar-refractivity contribution in [3.05, 3.63) is 54.1 Å². The van der Waals surface area contributed by atoms with E-state index in [-0.39, 0.29) is 11.3 Å². The van der Waals surface area contributed by atoms with E-state index in [2.05, 4.69) is 55.3 Å². The molecule has 0 bridgehead atoms. The van der Waals surface area contributed by atoms with Crippen LogP contribution >= 0.6 is 0 Å². The van der Waals surface area contributed by atoms with Gasteiger partial charge >= 0.3 is 0 Å². The molecule has 0 saturated carbocycles. The van der Waals surface area contributed by atoms with E-state index in [1.165, 1.54) is 30.5 Å². The van der Waals surface area contributed by atoms with Crippen LogP contribution in [0.3, 0.4) is 0 Å². The van der Waals surface area contributed by atoms with E-state index in [1.807, 2.05) is 31.2 Å². The number of benzene rings is 2. The first-order valence-electron chi connectivity index (χ1n) is 10.8. The summed E-state index contributed by atoms with van der Waals surface area (Å²) in [7, 11) is 0. The van der Waals surface area contributed by atoms with Gasteiger partial charge in [-0.05, 0) is 73.1 Å². The van der Waals surface area contributed by atoms with Gasteiger partial charge in [0.1, 0.15) is 5.75 Å². The van der Waals surface area contributed by atoms with Gasteiger partial charge in [0, 0.05) is 24.5 Å². The molecule has 1 aliphatic heterocycles. The Hall–Kier alpha value is -2.49. The summed E-state index contributed by atoms with van der Waals surface area (Å²) in [6.07, 6.45) is 3.92. The molecule has 0 aliphatic carbocycles. The summed E-state index contributed by atoms with van der Waals surface area (Å²) in [5.41, 5.74) is 3.38. The van der Waals surface area contributed by atoms with Gasteiger partial charge in [0.15, 0.2) is 6.10 Å². The van der Waals surface area contributed by atoms with Crippen LogP contribution in [0, 0.1) is 0 Å². The zero-order valence-electron chi connectivity index (χ0n) is 18.2. The average Bonchev–Trinajstić information content (AvgIpc) is 2.73. The van der Waals surface area contributed by atoms with Crippen molar-refractivity contribution >= 4 is 17.3 Å². The lowest BCUT2D eigenvalue weighted by Crippen LogP contribution is -2.32. The van der Waals surface area contributed by atoms with Gasteiger partial charge in [-0.1, -0.05) is 39.8 Å². The number of carbonyl (C=O) groups excluding carboxylic acids is 1. The van der Waals surface area contributed by atoms with Crippen LogP contribution in [0.15, 0.2) is 48.5 Å². The largest absolute Gasteiger partial charge is 0.481 e. The molecule has 0 spiro atoms. The summed E-state index contributed by atoms with van der Waals surface area (Å²) in [6, 6.07) is 16.2. The van der Waals surface area contributed by atoms with E-state index in [1.54, 1.807) is 0 Å². The Labute approximate surface area is 175 Å². The molecule has 2 aromatic rings. The molecule has 4 heteroatoms. The summed E-state index contributed by atoms with van der Waals surface area (Å²) in [5.74, 6) is 0.610. The monoisotopic (exact) mass is 394 g/mol. The van der Waals surface area contributed by atoms with Gasteiger partial charge in [0.2, 0.25) is 0 Å². The SMILES string of the molecule is CC[C@@H](Oc1ccc(C(C)(C)C)cc1)C(=O)Nc1ccc(N2CCCCC2)cc1. The third-order valence-electron chi connectivity index (χ3n) is 5.52. The molecule has 3 rings (SSSR count). The fraction of sp³-hybridized carbons (Fsp3) is 0.480. The van der Waals surface area contributed by atoms with Crippen LogP contribution in [0.25, 0.3) is 0 Å². The minimum atomic E-state index is -0.516. The number of amides is 1. The number of nitrogens with one attached hydrogen (secondary N) is 1. The van der Waals surface area contributed by atoms with E-state index in [4.69, 9.17) is 4.74 Å². The molecule has 4 nitrogen and oxygen atoms in total. The number of hydrogen-bond donors (Lipinski definition) is 1. The molecule has 1 heterocycles. The molecule has 1 N–H and O–H groups in total. The van der Waals surface area contributed by atoms with Gasteiger partial charge in [-0.15, -0.1) is 0 Å². The second-order valence-corrected chi connectivity index (χ2v) is 8.87. The predicted octanol–water partition coefficient (Wildman–Crippen LogP) is 5.77. The zero-order valence-corrected chi connectivity index (χ0v) is 18.2. The molecule has 0 radical (unpaired) electrons. The van der Waals surface area contributed by atoms with Crippen LogP contribution in [0.1, 0.15) is 58.9 Å². The molecule has 1 amide bonds. The Morgan fingerprint density at radius 2 is 1.62 bits per heavy atom. The fourth-order valence-electron chi connectivity index (χ4n) is 3.65. The first-order valence-corrected chi connectivity index (χ1v) is 10.8. The van der Waals surface area contributed by atoms with Crippen LogP contribution in [0.2, 0.25) is 0 Å². The molecule has 0 unspecified atom stereocenters. The minimum absolute atomic E-state index is 0.0976. The molecule has 1 fully saturated rings. The highest BCUT2D eigenvalue weighted by Crippen LogP contribution is 2.25. The van der Waals surface area contributed by atoms with E-state index in [0.717, 1.165) is 24.5 Å². The first kappa shape index (κ1) is 21.2. The van der Waals surface area contributed by atoms with Gasteiger partial charge in [-0.25, -0.2) is 0 Å². The molecule has 29 heavy (non-hydrogen) atoms. The van der Waals surface area contributed by atoms with Crippen molar-refractivity contribution in [2.75, 3.05) is 23.3 Å². The number of hydrogen-bond acceptors (Lipinski definition) is 3. The molecular weight excluding hydrogens is 360 g/mol.